The molecule has 0 saturated carbocycles. The molecule has 0 aliphatic carbocycles. The van der Waals surface area contributed by atoms with E-state index in [9.17, 15) is 5.11 Å². The van der Waals surface area contributed by atoms with Crippen LogP contribution in [-0.2, 0) is 13.1 Å². The van der Waals surface area contributed by atoms with Crippen LogP contribution in [0.25, 0.3) is 11.0 Å². The van der Waals surface area contributed by atoms with Gasteiger partial charge in [0, 0.05) is 51.4 Å². The molecule has 202 valence electrons. The summed E-state index contributed by atoms with van der Waals surface area (Å²) in [6.07, 6.45) is 2.14. The Hall–Kier alpha value is -2.95. The van der Waals surface area contributed by atoms with Crippen molar-refractivity contribution in [1.29, 1.82) is 0 Å². The largest absolute Gasteiger partial charge is 0.496 e. The summed E-state index contributed by atoms with van der Waals surface area (Å²) < 4.78 is 7.75. The van der Waals surface area contributed by atoms with Gasteiger partial charge in [-0.15, -0.1) is 0 Å². The number of nitrogen functional groups attached to an aromatic ring is 1. The summed E-state index contributed by atoms with van der Waals surface area (Å²) in [7, 11) is 1.71. The van der Waals surface area contributed by atoms with Gasteiger partial charge in [0.15, 0.2) is 5.82 Å². The van der Waals surface area contributed by atoms with Gasteiger partial charge >= 0.3 is 0 Å². The number of nitrogens with zero attached hydrogens (tertiary/aromatic N) is 6. The zero-order valence-electron chi connectivity index (χ0n) is 22.9. The first-order chi connectivity index (χ1) is 17.7. The maximum atomic E-state index is 10.1. The molecule has 4 N–H and O–H groups in total. The summed E-state index contributed by atoms with van der Waals surface area (Å²) in [6.45, 7) is 14.7. The second-order valence-corrected chi connectivity index (χ2v) is 10.7. The Kier molecular flexibility index (Phi) is 8.51. The van der Waals surface area contributed by atoms with E-state index in [4.69, 9.17) is 15.6 Å². The summed E-state index contributed by atoms with van der Waals surface area (Å²) in [5, 5.41) is 18.3. The number of aromatic nitrogens is 4. The van der Waals surface area contributed by atoms with E-state index in [0.29, 0.717) is 13.1 Å². The lowest BCUT2D eigenvalue weighted by atomic mass is 10.1. The number of β-amino-alcohol motifs (C(OH)–C–C–N with tert-alkyl or cyclic N) is 1. The van der Waals surface area contributed by atoms with Gasteiger partial charge in [0.1, 0.15) is 16.8 Å². The number of nitrogens with one attached hydrogen (secondary N) is 1. The molecular formula is C27H42N8O2. The zero-order valence-corrected chi connectivity index (χ0v) is 22.9. The normalized spacial score (nSPS) is 15.4. The Morgan fingerprint density at radius 1 is 1.11 bits per heavy atom. The maximum absolute atomic E-state index is 10.1. The Balaban J connectivity index is 1.49. The molecule has 1 aliphatic rings. The molecule has 0 unspecified atom stereocenters. The number of ether oxygens (including phenoxy) is 1. The van der Waals surface area contributed by atoms with E-state index in [1.807, 2.05) is 25.5 Å². The number of benzene rings is 1. The molecule has 0 radical (unpaired) electrons. The molecule has 1 saturated heterocycles. The van der Waals surface area contributed by atoms with Crippen LogP contribution in [0.5, 0.6) is 5.75 Å². The van der Waals surface area contributed by atoms with Crippen LogP contribution in [0.1, 0.15) is 50.4 Å². The average Bonchev–Trinajstić information content (AvgIpc) is 3.15. The number of methoxy groups -OCH3 is 1. The number of unbranched alkanes of at least 4 members (excludes halogenated alkanes) is 1. The maximum Gasteiger partial charge on any atom is 0.222 e. The first kappa shape index (κ1) is 27.1. The molecule has 0 spiro atoms. The molecule has 1 fully saturated rings. The summed E-state index contributed by atoms with van der Waals surface area (Å²) in [4.78, 5) is 13.7. The van der Waals surface area contributed by atoms with Crippen LogP contribution in [0.3, 0.4) is 0 Å². The zero-order chi connectivity index (χ0) is 26.6. The van der Waals surface area contributed by atoms with Crippen LogP contribution in [0.15, 0.2) is 18.2 Å². The molecule has 0 bridgehead atoms. The van der Waals surface area contributed by atoms with E-state index in [2.05, 4.69) is 50.2 Å². The van der Waals surface area contributed by atoms with Crippen molar-refractivity contribution in [3.8, 4) is 5.75 Å². The van der Waals surface area contributed by atoms with E-state index in [0.717, 1.165) is 86.0 Å². The van der Waals surface area contributed by atoms with E-state index >= 15 is 0 Å². The monoisotopic (exact) mass is 510 g/mol. The summed E-state index contributed by atoms with van der Waals surface area (Å²) in [5.74, 6) is 1.81. The SMILES string of the molecule is CCCCNc1nc(N)nc2c(C)nn(Cc3ccc(CN4CCN(CC(C)(C)O)CC4)cc3OC)c12. The highest BCUT2D eigenvalue weighted by Gasteiger charge is 2.23. The molecule has 1 aliphatic heterocycles. The van der Waals surface area contributed by atoms with Crippen molar-refractivity contribution in [3.63, 3.8) is 0 Å². The summed E-state index contributed by atoms with van der Waals surface area (Å²) in [5.41, 5.74) is 10.1. The molecule has 37 heavy (non-hydrogen) atoms. The molecule has 1 aromatic carbocycles. The average molecular weight is 511 g/mol. The van der Waals surface area contributed by atoms with Crippen LogP contribution in [0.4, 0.5) is 11.8 Å². The van der Waals surface area contributed by atoms with Crippen molar-refractivity contribution >= 4 is 22.8 Å². The lowest BCUT2D eigenvalue weighted by Crippen LogP contribution is -2.50. The van der Waals surface area contributed by atoms with Gasteiger partial charge in [-0.2, -0.15) is 10.1 Å². The number of hydrogen-bond acceptors (Lipinski definition) is 9. The van der Waals surface area contributed by atoms with Crippen LogP contribution in [-0.4, -0.2) is 86.6 Å². The number of rotatable bonds is 11. The number of nitrogens with two attached hydrogens (primary N) is 1. The number of aryl methyl sites for hydroxylation is 1. The van der Waals surface area contributed by atoms with Crippen molar-refractivity contribution in [1.82, 2.24) is 29.5 Å². The predicted octanol–water partition coefficient (Wildman–Crippen LogP) is 2.87. The third-order valence-electron chi connectivity index (χ3n) is 6.75. The molecule has 4 rings (SSSR count). The van der Waals surface area contributed by atoms with Gasteiger partial charge in [0.2, 0.25) is 5.95 Å². The van der Waals surface area contributed by atoms with Crippen LogP contribution in [0, 0.1) is 6.92 Å². The molecule has 2 aromatic heterocycles. The molecule has 0 amide bonds. The fraction of sp³-hybridized carbons (Fsp3) is 0.593. The topological polar surface area (TPSA) is 118 Å². The highest BCUT2D eigenvalue weighted by molar-refractivity contribution is 5.88. The van der Waals surface area contributed by atoms with Gasteiger partial charge in [-0.1, -0.05) is 25.5 Å². The minimum atomic E-state index is -0.658. The standard InChI is InChI=1S/C27H42N8O2/c1-6-7-10-29-25-24-23(30-26(28)31-25)19(2)32-35(24)17-21-9-8-20(15-22(21)37-5)16-33-11-13-34(14-12-33)18-27(3,4)36/h8-9,15,36H,6-7,10-14,16-18H2,1-5H3,(H3,28,29,30,31). The van der Waals surface area contributed by atoms with Crippen molar-refractivity contribution in [3.05, 3.63) is 35.0 Å². The highest BCUT2D eigenvalue weighted by Crippen LogP contribution is 2.28. The first-order valence-corrected chi connectivity index (χ1v) is 13.2. The quantitative estimate of drug-likeness (QED) is 0.335. The Labute approximate surface area is 219 Å². The minimum Gasteiger partial charge on any atom is -0.496 e. The minimum absolute atomic E-state index is 0.247. The van der Waals surface area contributed by atoms with Crippen molar-refractivity contribution in [2.75, 3.05) is 57.4 Å². The lowest BCUT2D eigenvalue weighted by Gasteiger charge is -2.37. The summed E-state index contributed by atoms with van der Waals surface area (Å²) >= 11 is 0. The lowest BCUT2D eigenvalue weighted by molar-refractivity contribution is 0.0166. The third kappa shape index (κ3) is 6.88. The highest BCUT2D eigenvalue weighted by atomic mass is 16.5. The number of fused-ring (bicyclic) bond motifs is 1. The smallest absolute Gasteiger partial charge is 0.222 e. The van der Waals surface area contributed by atoms with Gasteiger partial charge in [-0.25, -0.2) is 4.98 Å². The van der Waals surface area contributed by atoms with E-state index in [-0.39, 0.29) is 5.95 Å². The molecule has 3 heterocycles. The molecule has 0 atom stereocenters. The summed E-state index contributed by atoms with van der Waals surface area (Å²) in [6, 6.07) is 6.43. The van der Waals surface area contributed by atoms with Crippen LogP contribution in [0.2, 0.25) is 0 Å². The number of anilines is 2. The van der Waals surface area contributed by atoms with Crippen LogP contribution >= 0.6 is 0 Å². The van der Waals surface area contributed by atoms with E-state index in [1.165, 1.54) is 5.56 Å². The van der Waals surface area contributed by atoms with Crippen molar-refractivity contribution < 1.29 is 9.84 Å². The molecule has 10 nitrogen and oxygen atoms in total. The van der Waals surface area contributed by atoms with Crippen molar-refractivity contribution in [2.24, 2.45) is 0 Å². The Bertz CT molecular complexity index is 1200. The van der Waals surface area contributed by atoms with E-state index in [1.54, 1.807) is 7.11 Å². The Morgan fingerprint density at radius 2 is 1.84 bits per heavy atom. The fourth-order valence-electron chi connectivity index (χ4n) is 4.96. The van der Waals surface area contributed by atoms with E-state index < -0.39 is 5.60 Å². The number of aliphatic hydroxyl groups is 1. The Morgan fingerprint density at radius 3 is 2.51 bits per heavy atom. The second kappa shape index (κ2) is 11.6. The first-order valence-electron chi connectivity index (χ1n) is 13.2. The van der Waals surface area contributed by atoms with Gasteiger partial charge < -0.3 is 20.9 Å². The molecule has 3 aromatic rings. The third-order valence-corrected chi connectivity index (χ3v) is 6.75. The number of hydrogen-bond donors (Lipinski definition) is 3. The van der Waals surface area contributed by atoms with Gasteiger partial charge in [-0.3, -0.25) is 14.5 Å². The fourth-order valence-corrected chi connectivity index (χ4v) is 4.96. The number of piperazine rings is 1. The van der Waals surface area contributed by atoms with Crippen LogP contribution < -0.4 is 15.8 Å². The molecular weight excluding hydrogens is 468 g/mol. The molecule has 10 heteroatoms. The predicted molar refractivity (Wildman–Crippen MR) is 148 cm³/mol. The second-order valence-electron chi connectivity index (χ2n) is 10.7. The van der Waals surface area contributed by atoms with Gasteiger partial charge in [0.25, 0.3) is 0 Å². The van der Waals surface area contributed by atoms with Crippen molar-refractivity contribution in [2.45, 2.75) is 59.2 Å². The van der Waals surface area contributed by atoms with Gasteiger partial charge in [-0.05, 0) is 38.8 Å². The van der Waals surface area contributed by atoms with Gasteiger partial charge in [0.05, 0.1) is 24.9 Å².